The molecule has 2 aromatic carbocycles. The number of aromatic nitrogens is 1. The molecule has 0 radical (unpaired) electrons. The maximum absolute atomic E-state index is 15.1. The van der Waals surface area contributed by atoms with Crippen molar-refractivity contribution in [1.29, 1.82) is 0 Å². The van der Waals surface area contributed by atoms with Gasteiger partial charge in [-0.1, -0.05) is 6.07 Å². The minimum atomic E-state index is -0.751. The zero-order chi connectivity index (χ0) is 24.7. The van der Waals surface area contributed by atoms with Crippen LogP contribution in [0.2, 0.25) is 0 Å². The Hall–Kier alpha value is -2.92. The molecule has 4 nitrogen and oxygen atoms in total. The van der Waals surface area contributed by atoms with Crippen molar-refractivity contribution < 1.29 is 14.2 Å². The van der Waals surface area contributed by atoms with E-state index >= 15 is 4.39 Å². The lowest BCUT2D eigenvalue weighted by Gasteiger charge is -2.20. The van der Waals surface area contributed by atoms with Gasteiger partial charge in [-0.15, -0.1) is 0 Å². The van der Waals surface area contributed by atoms with Gasteiger partial charge in [0.15, 0.2) is 0 Å². The number of halogens is 1. The SMILES string of the molecule is Cc1cc(OCCC(C)(C)O)cc(C)c1-c1ccc(F)c2c1CCC2Nc1ccc(C2CC2)nc1. The van der Waals surface area contributed by atoms with E-state index in [1.54, 1.807) is 19.9 Å². The molecule has 0 spiro atoms. The second kappa shape index (κ2) is 9.27. The molecule has 2 aliphatic carbocycles. The Labute approximate surface area is 207 Å². The first-order valence-electron chi connectivity index (χ1n) is 12.7. The van der Waals surface area contributed by atoms with E-state index in [4.69, 9.17) is 4.74 Å². The summed E-state index contributed by atoms with van der Waals surface area (Å²) in [4.78, 5) is 4.61. The molecule has 1 heterocycles. The molecular weight excluding hydrogens is 439 g/mol. The van der Waals surface area contributed by atoms with Crippen LogP contribution in [0.5, 0.6) is 5.75 Å². The fourth-order valence-electron chi connectivity index (χ4n) is 5.26. The molecule has 0 saturated heterocycles. The van der Waals surface area contributed by atoms with E-state index in [1.807, 2.05) is 24.4 Å². The van der Waals surface area contributed by atoms with Gasteiger partial charge in [0.2, 0.25) is 0 Å². The molecule has 3 aromatic rings. The Morgan fingerprint density at radius 3 is 2.46 bits per heavy atom. The topological polar surface area (TPSA) is 54.4 Å². The van der Waals surface area contributed by atoms with Gasteiger partial charge < -0.3 is 15.2 Å². The van der Waals surface area contributed by atoms with Gasteiger partial charge in [0.25, 0.3) is 0 Å². The van der Waals surface area contributed by atoms with Crippen molar-refractivity contribution in [2.24, 2.45) is 0 Å². The van der Waals surface area contributed by atoms with Gasteiger partial charge in [-0.25, -0.2) is 4.39 Å². The second-order valence-electron chi connectivity index (χ2n) is 10.8. The maximum Gasteiger partial charge on any atom is 0.128 e. The summed E-state index contributed by atoms with van der Waals surface area (Å²) in [6.45, 7) is 8.19. The average molecular weight is 475 g/mol. The van der Waals surface area contributed by atoms with Crippen LogP contribution in [0.4, 0.5) is 10.1 Å². The molecule has 1 unspecified atom stereocenters. The summed E-state index contributed by atoms with van der Waals surface area (Å²) in [7, 11) is 0. The quantitative estimate of drug-likeness (QED) is 0.368. The molecule has 0 amide bonds. The first-order valence-corrected chi connectivity index (χ1v) is 12.7. The Kier molecular flexibility index (Phi) is 6.30. The molecule has 1 aromatic heterocycles. The molecule has 2 aliphatic rings. The third-order valence-electron chi connectivity index (χ3n) is 7.22. The molecule has 184 valence electrons. The van der Waals surface area contributed by atoms with E-state index in [2.05, 4.69) is 36.3 Å². The number of aryl methyl sites for hydroxylation is 2. The number of aliphatic hydroxyl groups is 1. The lowest BCUT2D eigenvalue weighted by Crippen LogP contribution is -2.21. The minimum Gasteiger partial charge on any atom is -0.493 e. The molecular formula is C30H35FN2O2. The zero-order valence-corrected chi connectivity index (χ0v) is 21.1. The summed E-state index contributed by atoms with van der Waals surface area (Å²) in [6, 6.07) is 11.7. The van der Waals surface area contributed by atoms with Gasteiger partial charge >= 0.3 is 0 Å². The number of ether oxygens (including phenoxy) is 1. The first-order chi connectivity index (χ1) is 16.7. The van der Waals surface area contributed by atoms with Crippen molar-refractivity contribution in [3.63, 3.8) is 0 Å². The Bertz CT molecular complexity index is 1200. The van der Waals surface area contributed by atoms with Crippen molar-refractivity contribution in [2.45, 2.75) is 77.4 Å². The maximum atomic E-state index is 15.1. The van der Waals surface area contributed by atoms with Crippen molar-refractivity contribution in [1.82, 2.24) is 4.98 Å². The van der Waals surface area contributed by atoms with Crippen LogP contribution in [0.15, 0.2) is 42.6 Å². The Morgan fingerprint density at radius 2 is 1.83 bits per heavy atom. The van der Waals surface area contributed by atoms with Crippen molar-refractivity contribution in [2.75, 3.05) is 11.9 Å². The zero-order valence-electron chi connectivity index (χ0n) is 21.1. The standard InChI is InChI=1S/C30H35FN2O2/c1-18-15-22(35-14-13-30(3,4)34)16-19(2)28(18)23-8-10-25(31)29-24(23)9-12-27(29)33-21-7-11-26(32-17-21)20-5-6-20/h7-8,10-11,15-17,20,27,33-34H,5-6,9,12-14H2,1-4H3. The van der Waals surface area contributed by atoms with Gasteiger partial charge in [0.1, 0.15) is 11.6 Å². The summed E-state index contributed by atoms with van der Waals surface area (Å²) in [5.74, 6) is 1.28. The summed E-state index contributed by atoms with van der Waals surface area (Å²) in [5, 5.41) is 13.5. The summed E-state index contributed by atoms with van der Waals surface area (Å²) >= 11 is 0. The monoisotopic (exact) mass is 474 g/mol. The van der Waals surface area contributed by atoms with Crippen LogP contribution in [0.25, 0.3) is 11.1 Å². The van der Waals surface area contributed by atoms with Crippen LogP contribution >= 0.6 is 0 Å². The minimum absolute atomic E-state index is 0.0661. The van der Waals surface area contributed by atoms with Gasteiger partial charge in [0, 0.05) is 23.6 Å². The smallest absolute Gasteiger partial charge is 0.128 e. The van der Waals surface area contributed by atoms with E-state index in [0.29, 0.717) is 18.9 Å². The highest BCUT2D eigenvalue weighted by Crippen LogP contribution is 2.43. The fourth-order valence-corrected chi connectivity index (χ4v) is 5.26. The van der Waals surface area contributed by atoms with Gasteiger partial charge in [-0.05, 0) is 112 Å². The second-order valence-corrected chi connectivity index (χ2v) is 10.8. The summed E-state index contributed by atoms with van der Waals surface area (Å²) < 4.78 is 21.0. The summed E-state index contributed by atoms with van der Waals surface area (Å²) in [6.07, 6.45) is 6.59. The van der Waals surface area contributed by atoms with E-state index in [0.717, 1.165) is 63.4 Å². The number of benzene rings is 2. The largest absolute Gasteiger partial charge is 0.493 e. The number of fused-ring (bicyclic) bond motifs is 1. The van der Waals surface area contributed by atoms with E-state index in [1.165, 1.54) is 12.8 Å². The van der Waals surface area contributed by atoms with E-state index in [-0.39, 0.29) is 11.9 Å². The Balaban J connectivity index is 1.39. The highest BCUT2D eigenvalue weighted by atomic mass is 19.1. The number of nitrogens with zero attached hydrogens (tertiary/aromatic N) is 1. The highest BCUT2D eigenvalue weighted by Gasteiger charge is 2.30. The number of rotatable bonds is 8. The van der Waals surface area contributed by atoms with Crippen molar-refractivity contribution in [3.8, 4) is 16.9 Å². The van der Waals surface area contributed by atoms with Gasteiger partial charge in [-0.2, -0.15) is 0 Å². The highest BCUT2D eigenvalue weighted by molar-refractivity contribution is 5.77. The third-order valence-corrected chi connectivity index (χ3v) is 7.22. The predicted octanol–water partition coefficient (Wildman–Crippen LogP) is 7.02. The van der Waals surface area contributed by atoms with Crippen molar-refractivity contribution >= 4 is 5.69 Å². The lowest BCUT2D eigenvalue weighted by molar-refractivity contribution is 0.0553. The van der Waals surface area contributed by atoms with Crippen LogP contribution < -0.4 is 10.1 Å². The lowest BCUT2D eigenvalue weighted by atomic mass is 9.90. The molecule has 0 bridgehead atoms. The Morgan fingerprint density at radius 1 is 1.09 bits per heavy atom. The molecule has 1 saturated carbocycles. The first kappa shape index (κ1) is 23.8. The number of anilines is 1. The van der Waals surface area contributed by atoms with Gasteiger partial charge in [-0.3, -0.25) is 4.98 Å². The number of hydrogen-bond donors (Lipinski definition) is 2. The van der Waals surface area contributed by atoms with Crippen molar-refractivity contribution in [3.05, 3.63) is 76.4 Å². The molecule has 0 aliphatic heterocycles. The molecule has 2 N–H and O–H groups in total. The molecule has 35 heavy (non-hydrogen) atoms. The molecule has 5 rings (SSSR count). The van der Waals surface area contributed by atoms with Crippen LogP contribution in [0.3, 0.4) is 0 Å². The predicted molar refractivity (Wildman–Crippen MR) is 139 cm³/mol. The molecule has 5 heteroatoms. The van der Waals surface area contributed by atoms with Crippen LogP contribution in [-0.2, 0) is 6.42 Å². The summed E-state index contributed by atoms with van der Waals surface area (Å²) in [5.41, 5.74) is 7.68. The van der Waals surface area contributed by atoms with Crippen LogP contribution in [0, 0.1) is 19.7 Å². The van der Waals surface area contributed by atoms with Gasteiger partial charge in [0.05, 0.1) is 30.1 Å². The fraction of sp³-hybridized carbons (Fsp3) is 0.433. The third kappa shape index (κ3) is 5.20. The van der Waals surface area contributed by atoms with Crippen LogP contribution in [-0.4, -0.2) is 22.3 Å². The molecule has 1 fully saturated rings. The van der Waals surface area contributed by atoms with E-state index < -0.39 is 5.60 Å². The van der Waals surface area contributed by atoms with Crippen LogP contribution in [0.1, 0.15) is 79.4 Å². The average Bonchev–Trinajstić information content (AvgIpc) is 3.55. The normalized spacial score (nSPS) is 17.4. The number of hydrogen-bond acceptors (Lipinski definition) is 4. The number of pyridine rings is 1. The molecule has 1 atom stereocenters. The number of nitrogens with one attached hydrogen (secondary N) is 1. The van der Waals surface area contributed by atoms with E-state index in [9.17, 15) is 5.11 Å².